The smallest absolute Gasteiger partial charge is 0.237 e. The van der Waals surface area contributed by atoms with Gasteiger partial charge in [0.25, 0.3) is 0 Å². The maximum Gasteiger partial charge on any atom is 0.237 e. The highest BCUT2D eigenvalue weighted by atomic mass is 16.2. The zero-order valence-corrected chi connectivity index (χ0v) is 10.3. The molecule has 7 heteroatoms. The topological polar surface area (TPSA) is 133 Å². The van der Waals surface area contributed by atoms with E-state index in [2.05, 4.69) is 0 Å². The van der Waals surface area contributed by atoms with Gasteiger partial charge in [0.15, 0.2) is 0 Å². The van der Waals surface area contributed by atoms with Crippen molar-refractivity contribution >= 4 is 17.7 Å². The van der Waals surface area contributed by atoms with Crippen molar-refractivity contribution in [1.82, 2.24) is 4.90 Å². The van der Waals surface area contributed by atoms with Crippen LogP contribution in [-0.2, 0) is 14.4 Å². The van der Waals surface area contributed by atoms with Crippen LogP contribution in [0.2, 0.25) is 0 Å². The zero-order chi connectivity index (χ0) is 13.7. The Hall–Kier alpha value is -1.63. The van der Waals surface area contributed by atoms with Crippen LogP contribution in [0.5, 0.6) is 0 Å². The molecule has 0 spiro atoms. The molecule has 3 amide bonds. The van der Waals surface area contributed by atoms with Crippen molar-refractivity contribution in [3.05, 3.63) is 0 Å². The molecule has 1 aliphatic carbocycles. The number of hydrogen-bond donors (Lipinski definition) is 3. The summed E-state index contributed by atoms with van der Waals surface area (Å²) < 4.78 is 0. The Kier molecular flexibility index (Phi) is 5.08. The lowest BCUT2D eigenvalue weighted by Gasteiger charge is -2.29. The lowest BCUT2D eigenvalue weighted by Crippen LogP contribution is -2.46. The fourth-order valence-corrected chi connectivity index (χ4v) is 2.21. The second-order valence-corrected chi connectivity index (χ2v) is 4.74. The molecule has 7 nitrogen and oxygen atoms in total. The van der Waals surface area contributed by atoms with Crippen molar-refractivity contribution in [2.24, 2.45) is 23.1 Å². The standard InChI is InChI=1S/C11H20N4O3/c12-8-3-1-7(2-4-8)11(18)15(5-9(13)16)6-10(14)17/h7-8H,1-6,12H2,(H2,13,16)(H2,14,17). The van der Waals surface area contributed by atoms with Crippen LogP contribution in [0.4, 0.5) is 0 Å². The van der Waals surface area contributed by atoms with E-state index in [0.29, 0.717) is 12.8 Å². The maximum atomic E-state index is 12.1. The first-order chi connectivity index (χ1) is 8.40. The average Bonchev–Trinajstić information content (AvgIpc) is 2.27. The summed E-state index contributed by atoms with van der Waals surface area (Å²) in [6.45, 7) is -0.547. The minimum atomic E-state index is -0.655. The van der Waals surface area contributed by atoms with Crippen molar-refractivity contribution in [1.29, 1.82) is 0 Å². The van der Waals surface area contributed by atoms with Gasteiger partial charge in [-0.1, -0.05) is 0 Å². The van der Waals surface area contributed by atoms with Crippen LogP contribution in [0.1, 0.15) is 25.7 Å². The largest absolute Gasteiger partial charge is 0.368 e. The molecule has 1 fully saturated rings. The van der Waals surface area contributed by atoms with Crippen LogP contribution < -0.4 is 17.2 Å². The summed E-state index contributed by atoms with van der Waals surface area (Å²) in [5, 5.41) is 0. The summed E-state index contributed by atoms with van der Waals surface area (Å²) in [6, 6.07) is 0.134. The van der Waals surface area contributed by atoms with Crippen LogP contribution in [0.25, 0.3) is 0 Å². The summed E-state index contributed by atoms with van der Waals surface area (Å²) in [5.74, 6) is -1.74. The number of carbonyl (C=O) groups is 3. The molecule has 0 aromatic carbocycles. The molecule has 102 valence electrons. The second kappa shape index (κ2) is 6.34. The van der Waals surface area contributed by atoms with Crippen molar-refractivity contribution in [2.45, 2.75) is 31.7 Å². The van der Waals surface area contributed by atoms with Gasteiger partial charge in [-0.3, -0.25) is 14.4 Å². The first-order valence-corrected chi connectivity index (χ1v) is 6.01. The summed E-state index contributed by atoms with van der Waals surface area (Å²) >= 11 is 0. The minimum absolute atomic E-state index is 0.134. The Labute approximate surface area is 106 Å². The van der Waals surface area contributed by atoms with Gasteiger partial charge in [0.1, 0.15) is 0 Å². The molecule has 0 aromatic heterocycles. The third kappa shape index (κ3) is 4.33. The Morgan fingerprint density at radius 1 is 0.944 bits per heavy atom. The number of hydrogen-bond acceptors (Lipinski definition) is 4. The van der Waals surface area contributed by atoms with Gasteiger partial charge in [0.05, 0.1) is 13.1 Å². The van der Waals surface area contributed by atoms with E-state index in [9.17, 15) is 14.4 Å². The molecule has 1 rings (SSSR count). The number of nitrogens with zero attached hydrogens (tertiary/aromatic N) is 1. The van der Waals surface area contributed by atoms with Crippen molar-refractivity contribution in [3.63, 3.8) is 0 Å². The van der Waals surface area contributed by atoms with Crippen LogP contribution in [0, 0.1) is 5.92 Å². The minimum Gasteiger partial charge on any atom is -0.368 e. The van der Waals surface area contributed by atoms with Gasteiger partial charge >= 0.3 is 0 Å². The molecule has 0 radical (unpaired) electrons. The Balaban J connectivity index is 2.63. The Bertz CT molecular complexity index is 321. The molecule has 0 atom stereocenters. The summed E-state index contributed by atoms with van der Waals surface area (Å²) in [4.78, 5) is 35.1. The summed E-state index contributed by atoms with van der Waals surface area (Å²) in [5.41, 5.74) is 15.9. The van der Waals surface area contributed by atoms with Crippen molar-refractivity contribution in [3.8, 4) is 0 Å². The Morgan fingerprint density at radius 2 is 1.39 bits per heavy atom. The molecule has 0 heterocycles. The molecule has 0 aromatic rings. The van der Waals surface area contributed by atoms with E-state index in [1.54, 1.807) is 0 Å². The monoisotopic (exact) mass is 256 g/mol. The van der Waals surface area contributed by atoms with E-state index in [1.165, 1.54) is 0 Å². The molecular weight excluding hydrogens is 236 g/mol. The molecule has 0 aliphatic heterocycles. The van der Waals surface area contributed by atoms with Gasteiger partial charge in [-0.05, 0) is 25.7 Å². The average molecular weight is 256 g/mol. The van der Waals surface area contributed by atoms with E-state index in [4.69, 9.17) is 17.2 Å². The van der Waals surface area contributed by atoms with Gasteiger partial charge < -0.3 is 22.1 Å². The van der Waals surface area contributed by atoms with Gasteiger partial charge in [0, 0.05) is 12.0 Å². The third-order valence-electron chi connectivity index (χ3n) is 3.13. The number of amides is 3. The molecule has 18 heavy (non-hydrogen) atoms. The predicted molar refractivity (Wildman–Crippen MR) is 64.9 cm³/mol. The second-order valence-electron chi connectivity index (χ2n) is 4.74. The number of nitrogens with two attached hydrogens (primary N) is 3. The van der Waals surface area contributed by atoms with Gasteiger partial charge in [-0.15, -0.1) is 0 Å². The van der Waals surface area contributed by atoms with E-state index >= 15 is 0 Å². The molecule has 1 saturated carbocycles. The Morgan fingerprint density at radius 3 is 1.78 bits per heavy atom. The zero-order valence-electron chi connectivity index (χ0n) is 10.3. The number of carbonyl (C=O) groups excluding carboxylic acids is 3. The molecular formula is C11H20N4O3. The summed E-state index contributed by atoms with van der Waals surface area (Å²) in [6.07, 6.45) is 2.90. The predicted octanol–water partition coefficient (Wildman–Crippen LogP) is -1.70. The first kappa shape index (κ1) is 14.4. The lowest BCUT2D eigenvalue weighted by atomic mass is 9.85. The van der Waals surface area contributed by atoms with E-state index < -0.39 is 11.8 Å². The van der Waals surface area contributed by atoms with Gasteiger partial charge in [-0.25, -0.2) is 0 Å². The molecule has 1 aliphatic rings. The normalized spacial score (nSPS) is 23.4. The van der Waals surface area contributed by atoms with Crippen molar-refractivity contribution < 1.29 is 14.4 Å². The maximum absolute atomic E-state index is 12.1. The fourth-order valence-electron chi connectivity index (χ4n) is 2.21. The summed E-state index contributed by atoms with van der Waals surface area (Å²) in [7, 11) is 0. The molecule has 6 N–H and O–H groups in total. The first-order valence-electron chi connectivity index (χ1n) is 6.01. The highest BCUT2D eigenvalue weighted by molar-refractivity contribution is 5.89. The van der Waals surface area contributed by atoms with E-state index in [0.717, 1.165) is 17.7 Å². The number of primary amides is 2. The quantitative estimate of drug-likeness (QED) is 0.541. The molecule has 0 unspecified atom stereocenters. The van der Waals surface area contributed by atoms with Crippen LogP contribution in [-0.4, -0.2) is 41.8 Å². The molecule has 0 saturated heterocycles. The fraction of sp³-hybridized carbons (Fsp3) is 0.727. The van der Waals surface area contributed by atoms with E-state index in [-0.39, 0.29) is 31.0 Å². The van der Waals surface area contributed by atoms with Crippen LogP contribution in [0.15, 0.2) is 0 Å². The highest BCUT2D eigenvalue weighted by Gasteiger charge is 2.29. The SMILES string of the molecule is NC(=O)CN(CC(N)=O)C(=O)C1CCC(N)CC1. The van der Waals surface area contributed by atoms with Gasteiger partial charge in [-0.2, -0.15) is 0 Å². The lowest BCUT2D eigenvalue weighted by molar-refractivity contribution is -0.142. The highest BCUT2D eigenvalue weighted by Crippen LogP contribution is 2.24. The third-order valence-corrected chi connectivity index (χ3v) is 3.13. The van der Waals surface area contributed by atoms with Gasteiger partial charge in [0.2, 0.25) is 17.7 Å². The molecule has 0 bridgehead atoms. The van der Waals surface area contributed by atoms with Crippen LogP contribution >= 0.6 is 0 Å². The van der Waals surface area contributed by atoms with E-state index in [1.807, 2.05) is 0 Å². The van der Waals surface area contributed by atoms with Crippen LogP contribution in [0.3, 0.4) is 0 Å². The van der Waals surface area contributed by atoms with Crippen molar-refractivity contribution in [2.75, 3.05) is 13.1 Å². The number of rotatable bonds is 5.